The molecule has 0 aliphatic heterocycles. The average molecular weight is 308 g/mol. The summed E-state index contributed by atoms with van der Waals surface area (Å²) in [6.07, 6.45) is 0. The first kappa shape index (κ1) is 15.4. The number of aryl methyl sites for hydroxylation is 2. The summed E-state index contributed by atoms with van der Waals surface area (Å²) < 4.78 is 0. The molecule has 2 rings (SSSR count). The normalized spacial score (nSPS) is 10.8. The topological polar surface area (TPSA) is 12.0 Å². The first-order chi connectivity index (χ1) is 9.52. The number of hydrogen-bond acceptors (Lipinski definition) is 1. The fourth-order valence-electron chi connectivity index (χ4n) is 2.14. The standard InChI is InChI=1S/C17H19Cl2N/c1-4-20-10-14-9-13(5-6-16(14)18)15-7-11(2)12(3)8-17(15)19/h5-9,20H,4,10H2,1-3H3. The van der Waals surface area contributed by atoms with Crippen molar-refractivity contribution in [2.45, 2.75) is 27.3 Å². The lowest BCUT2D eigenvalue weighted by Gasteiger charge is -2.12. The average Bonchev–Trinajstić information content (AvgIpc) is 2.42. The van der Waals surface area contributed by atoms with E-state index >= 15 is 0 Å². The molecule has 0 radical (unpaired) electrons. The summed E-state index contributed by atoms with van der Waals surface area (Å²) in [4.78, 5) is 0. The summed E-state index contributed by atoms with van der Waals surface area (Å²) in [6.45, 7) is 7.95. The van der Waals surface area contributed by atoms with Gasteiger partial charge in [-0.1, -0.05) is 36.2 Å². The first-order valence-electron chi connectivity index (χ1n) is 6.79. The Hall–Kier alpha value is -1.02. The Morgan fingerprint density at radius 2 is 1.65 bits per heavy atom. The third-order valence-electron chi connectivity index (χ3n) is 3.51. The lowest BCUT2D eigenvalue weighted by atomic mass is 9.99. The van der Waals surface area contributed by atoms with Gasteiger partial charge in [-0.3, -0.25) is 0 Å². The largest absolute Gasteiger partial charge is 0.313 e. The maximum absolute atomic E-state index is 6.38. The molecule has 0 saturated heterocycles. The molecule has 0 saturated carbocycles. The molecular weight excluding hydrogens is 289 g/mol. The summed E-state index contributed by atoms with van der Waals surface area (Å²) in [5.41, 5.74) is 5.72. The van der Waals surface area contributed by atoms with Crippen molar-refractivity contribution < 1.29 is 0 Å². The third-order valence-corrected chi connectivity index (χ3v) is 4.19. The van der Waals surface area contributed by atoms with Crippen LogP contribution in [0.4, 0.5) is 0 Å². The van der Waals surface area contributed by atoms with E-state index in [0.29, 0.717) is 0 Å². The zero-order valence-electron chi connectivity index (χ0n) is 12.1. The summed E-state index contributed by atoms with van der Waals surface area (Å²) in [6, 6.07) is 10.2. The molecule has 2 aromatic rings. The van der Waals surface area contributed by atoms with Crippen LogP contribution in [0.3, 0.4) is 0 Å². The van der Waals surface area contributed by atoms with Crippen LogP contribution in [0.1, 0.15) is 23.6 Å². The van der Waals surface area contributed by atoms with Crippen LogP contribution in [-0.4, -0.2) is 6.54 Å². The molecule has 106 valence electrons. The van der Waals surface area contributed by atoms with Crippen LogP contribution >= 0.6 is 23.2 Å². The fraction of sp³-hybridized carbons (Fsp3) is 0.294. The van der Waals surface area contributed by atoms with E-state index in [1.807, 2.05) is 18.2 Å². The van der Waals surface area contributed by atoms with Gasteiger partial charge in [-0.05, 0) is 66.9 Å². The van der Waals surface area contributed by atoms with E-state index < -0.39 is 0 Å². The van der Waals surface area contributed by atoms with Gasteiger partial charge < -0.3 is 5.32 Å². The minimum atomic E-state index is 0.769. The zero-order chi connectivity index (χ0) is 14.7. The van der Waals surface area contributed by atoms with Gasteiger partial charge in [-0.25, -0.2) is 0 Å². The maximum atomic E-state index is 6.38. The Bertz CT molecular complexity index is 621. The molecule has 0 bridgehead atoms. The van der Waals surface area contributed by atoms with Crippen LogP contribution in [-0.2, 0) is 6.54 Å². The molecule has 3 heteroatoms. The Morgan fingerprint density at radius 3 is 2.35 bits per heavy atom. The molecule has 0 spiro atoms. The molecule has 0 aromatic heterocycles. The van der Waals surface area contributed by atoms with E-state index in [-0.39, 0.29) is 0 Å². The SMILES string of the molecule is CCNCc1cc(-c2cc(C)c(C)cc2Cl)ccc1Cl. The molecule has 0 aliphatic rings. The van der Waals surface area contributed by atoms with Gasteiger partial charge in [0, 0.05) is 22.2 Å². The van der Waals surface area contributed by atoms with Gasteiger partial charge in [0.2, 0.25) is 0 Å². The molecule has 1 N–H and O–H groups in total. The molecule has 0 amide bonds. The minimum absolute atomic E-state index is 0.769. The van der Waals surface area contributed by atoms with Crippen molar-refractivity contribution in [3.63, 3.8) is 0 Å². The van der Waals surface area contributed by atoms with Crippen molar-refractivity contribution in [3.8, 4) is 11.1 Å². The van der Waals surface area contributed by atoms with Crippen molar-refractivity contribution in [1.29, 1.82) is 0 Å². The molecular formula is C17H19Cl2N. The van der Waals surface area contributed by atoms with E-state index in [4.69, 9.17) is 23.2 Å². The lowest BCUT2D eigenvalue weighted by Crippen LogP contribution is -2.12. The minimum Gasteiger partial charge on any atom is -0.313 e. The van der Waals surface area contributed by atoms with Crippen molar-refractivity contribution in [2.24, 2.45) is 0 Å². The second kappa shape index (κ2) is 6.62. The van der Waals surface area contributed by atoms with Gasteiger partial charge in [0.05, 0.1) is 0 Å². The van der Waals surface area contributed by atoms with Crippen LogP contribution in [0.5, 0.6) is 0 Å². The molecule has 2 aromatic carbocycles. The fourth-order valence-corrected chi connectivity index (χ4v) is 2.65. The van der Waals surface area contributed by atoms with Crippen molar-refractivity contribution in [2.75, 3.05) is 6.54 Å². The lowest BCUT2D eigenvalue weighted by molar-refractivity contribution is 0.727. The quantitative estimate of drug-likeness (QED) is 0.799. The summed E-state index contributed by atoms with van der Waals surface area (Å²) >= 11 is 12.6. The van der Waals surface area contributed by atoms with Crippen LogP contribution in [0.2, 0.25) is 10.0 Å². The Kier molecular flexibility index (Phi) is 5.09. The molecule has 0 atom stereocenters. The Balaban J connectivity index is 2.45. The van der Waals surface area contributed by atoms with E-state index in [9.17, 15) is 0 Å². The molecule has 1 nitrogen and oxygen atoms in total. The van der Waals surface area contributed by atoms with E-state index in [1.54, 1.807) is 0 Å². The van der Waals surface area contributed by atoms with E-state index in [2.05, 4.69) is 38.2 Å². The number of rotatable bonds is 4. The second-order valence-electron chi connectivity index (χ2n) is 5.00. The Morgan fingerprint density at radius 1 is 0.950 bits per heavy atom. The predicted molar refractivity (Wildman–Crippen MR) is 88.8 cm³/mol. The second-order valence-corrected chi connectivity index (χ2v) is 5.82. The van der Waals surface area contributed by atoms with E-state index in [0.717, 1.165) is 39.8 Å². The van der Waals surface area contributed by atoms with Crippen molar-refractivity contribution in [1.82, 2.24) is 5.32 Å². The van der Waals surface area contributed by atoms with E-state index in [1.165, 1.54) is 11.1 Å². The van der Waals surface area contributed by atoms with Crippen molar-refractivity contribution in [3.05, 3.63) is 57.1 Å². The molecule has 0 heterocycles. The summed E-state index contributed by atoms with van der Waals surface area (Å²) in [7, 11) is 0. The highest BCUT2D eigenvalue weighted by Crippen LogP contribution is 2.32. The molecule has 0 aliphatic carbocycles. The Labute approximate surface area is 130 Å². The van der Waals surface area contributed by atoms with Crippen LogP contribution in [0, 0.1) is 13.8 Å². The van der Waals surface area contributed by atoms with Crippen molar-refractivity contribution >= 4 is 23.2 Å². The highest BCUT2D eigenvalue weighted by atomic mass is 35.5. The molecule has 0 fully saturated rings. The van der Waals surface area contributed by atoms with Gasteiger partial charge in [0.25, 0.3) is 0 Å². The smallest absolute Gasteiger partial charge is 0.0487 e. The van der Waals surface area contributed by atoms with Gasteiger partial charge in [-0.2, -0.15) is 0 Å². The predicted octanol–water partition coefficient (Wildman–Crippen LogP) is 5.39. The van der Waals surface area contributed by atoms with Gasteiger partial charge in [-0.15, -0.1) is 0 Å². The highest BCUT2D eigenvalue weighted by Gasteiger charge is 2.08. The highest BCUT2D eigenvalue weighted by molar-refractivity contribution is 6.33. The van der Waals surface area contributed by atoms with Gasteiger partial charge in [0.15, 0.2) is 0 Å². The third kappa shape index (κ3) is 3.35. The molecule has 20 heavy (non-hydrogen) atoms. The summed E-state index contributed by atoms with van der Waals surface area (Å²) in [5, 5.41) is 4.87. The summed E-state index contributed by atoms with van der Waals surface area (Å²) in [5.74, 6) is 0. The van der Waals surface area contributed by atoms with Gasteiger partial charge >= 0.3 is 0 Å². The number of nitrogens with one attached hydrogen (secondary N) is 1. The monoisotopic (exact) mass is 307 g/mol. The first-order valence-corrected chi connectivity index (χ1v) is 7.54. The van der Waals surface area contributed by atoms with Crippen LogP contribution in [0.25, 0.3) is 11.1 Å². The number of hydrogen-bond donors (Lipinski definition) is 1. The van der Waals surface area contributed by atoms with Crippen LogP contribution in [0.15, 0.2) is 30.3 Å². The zero-order valence-corrected chi connectivity index (χ0v) is 13.6. The maximum Gasteiger partial charge on any atom is 0.0487 e. The number of benzene rings is 2. The number of halogens is 2. The van der Waals surface area contributed by atoms with Crippen LogP contribution < -0.4 is 5.32 Å². The molecule has 0 unspecified atom stereocenters. The van der Waals surface area contributed by atoms with Gasteiger partial charge in [0.1, 0.15) is 0 Å².